The fourth-order valence-electron chi connectivity index (χ4n) is 1.89. The van der Waals surface area contributed by atoms with Crippen LogP contribution < -0.4 is 5.73 Å². The van der Waals surface area contributed by atoms with Crippen LogP contribution in [0.15, 0.2) is 29.6 Å². The lowest BCUT2D eigenvalue weighted by atomic mass is 10.2. The molecule has 0 aliphatic rings. The maximum atomic E-state index is 12.5. The third-order valence-electron chi connectivity index (χ3n) is 3.12. The number of hydrogen-bond donors (Lipinski definition) is 1. The molecule has 1 aromatic carbocycles. The predicted octanol–water partition coefficient (Wildman–Crippen LogP) is 3.95. The molecule has 106 valence electrons. The quantitative estimate of drug-likeness (QED) is 0.869. The second-order valence-corrected chi connectivity index (χ2v) is 5.88. The lowest BCUT2D eigenvalue weighted by Gasteiger charge is -2.20. The molecule has 3 nitrogen and oxygen atoms in total. The summed E-state index contributed by atoms with van der Waals surface area (Å²) in [4.78, 5) is 14.9. The molecule has 1 amide bonds. The molecule has 2 aromatic rings. The van der Waals surface area contributed by atoms with E-state index in [2.05, 4.69) is 0 Å². The Labute approximate surface area is 128 Å². The van der Waals surface area contributed by atoms with Gasteiger partial charge in [-0.2, -0.15) is 0 Å². The average molecular weight is 309 g/mol. The highest BCUT2D eigenvalue weighted by atomic mass is 35.5. The van der Waals surface area contributed by atoms with Gasteiger partial charge in [-0.05, 0) is 42.5 Å². The van der Waals surface area contributed by atoms with E-state index in [-0.39, 0.29) is 5.91 Å². The fourth-order valence-corrected chi connectivity index (χ4v) is 3.13. The Hall–Kier alpha value is -1.52. The maximum absolute atomic E-state index is 12.5. The Morgan fingerprint density at radius 2 is 2.00 bits per heavy atom. The zero-order valence-electron chi connectivity index (χ0n) is 11.5. The Morgan fingerprint density at radius 3 is 2.50 bits per heavy atom. The Balaban J connectivity index is 2.17. The number of hydrogen-bond acceptors (Lipinski definition) is 3. The number of amides is 1. The summed E-state index contributed by atoms with van der Waals surface area (Å²) >= 11 is 7.57. The number of rotatable bonds is 4. The molecule has 20 heavy (non-hydrogen) atoms. The number of nitrogens with two attached hydrogens (primary N) is 1. The molecular formula is C15H17ClN2OS. The first-order valence-electron chi connectivity index (χ1n) is 6.40. The van der Waals surface area contributed by atoms with Crippen LogP contribution in [0.3, 0.4) is 0 Å². The average Bonchev–Trinajstić information content (AvgIpc) is 2.78. The first kappa shape index (κ1) is 14.9. The van der Waals surface area contributed by atoms with Gasteiger partial charge in [0.15, 0.2) is 0 Å². The van der Waals surface area contributed by atoms with Crippen LogP contribution in [0.25, 0.3) is 0 Å². The number of anilines is 1. The molecule has 0 aliphatic carbocycles. The van der Waals surface area contributed by atoms with E-state index in [0.717, 1.165) is 16.8 Å². The number of halogens is 1. The zero-order chi connectivity index (χ0) is 14.7. The first-order chi connectivity index (χ1) is 9.52. The summed E-state index contributed by atoms with van der Waals surface area (Å²) in [5.41, 5.74) is 8.39. The van der Waals surface area contributed by atoms with Gasteiger partial charge >= 0.3 is 0 Å². The first-order valence-corrected chi connectivity index (χ1v) is 7.66. The van der Waals surface area contributed by atoms with Gasteiger partial charge in [0, 0.05) is 18.8 Å². The minimum absolute atomic E-state index is 0.0209. The van der Waals surface area contributed by atoms with E-state index in [9.17, 15) is 4.79 Å². The molecule has 5 heteroatoms. The molecule has 0 saturated heterocycles. The summed E-state index contributed by atoms with van der Waals surface area (Å²) in [5.74, 6) is -0.0209. The van der Waals surface area contributed by atoms with E-state index < -0.39 is 0 Å². The van der Waals surface area contributed by atoms with Crippen molar-refractivity contribution in [3.05, 3.63) is 50.7 Å². The summed E-state index contributed by atoms with van der Waals surface area (Å²) < 4.78 is 0. The second-order valence-electron chi connectivity index (χ2n) is 4.62. The number of benzene rings is 1. The summed E-state index contributed by atoms with van der Waals surface area (Å²) in [6.07, 6.45) is 0. The number of carbonyl (C=O) groups excluding carboxylic acids is 1. The maximum Gasteiger partial charge on any atom is 0.265 e. The van der Waals surface area contributed by atoms with E-state index >= 15 is 0 Å². The molecule has 2 N–H and O–H groups in total. The van der Waals surface area contributed by atoms with Gasteiger partial charge < -0.3 is 10.6 Å². The van der Waals surface area contributed by atoms with Crippen LogP contribution in [-0.4, -0.2) is 17.4 Å². The van der Waals surface area contributed by atoms with Crippen molar-refractivity contribution in [2.45, 2.75) is 20.4 Å². The molecular weight excluding hydrogens is 292 g/mol. The van der Waals surface area contributed by atoms with E-state index in [1.165, 1.54) is 11.3 Å². The van der Waals surface area contributed by atoms with Gasteiger partial charge in [-0.15, -0.1) is 11.3 Å². The molecule has 0 fully saturated rings. The highest BCUT2D eigenvalue weighted by molar-refractivity contribution is 7.13. The van der Waals surface area contributed by atoms with Crippen molar-refractivity contribution in [1.29, 1.82) is 0 Å². The van der Waals surface area contributed by atoms with Crippen molar-refractivity contribution in [3.63, 3.8) is 0 Å². The Morgan fingerprint density at radius 1 is 1.35 bits per heavy atom. The smallest absolute Gasteiger partial charge is 0.265 e. The van der Waals surface area contributed by atoms with Crippen LogP contribution in [0, 0.1) is 6.92 Å². The van der Waals surface area contributed by atoms with Gasteiger partial charge in [-0.3, -0.25) is 4.79 Å². The summed E-state index contributed by atoms with van der Waals surface area (Å²) in [6, 6.07) is 7.56. The minimum Gasteiger partial charge on any atom is -0.399 e. The molecule has 0 radical (unpaired) electrons. The van der Waals surface area contributed by atoms with E-state index in [1.807, 2.05) is 43.5 Å². The predicted molar refractivity (Wildman–Crippen MR) is 85.3 cm³/mol. The molecule has 0 unspecified atom stereocenters. The third-order valence-corrected chi connectivity index (χ3v) is 4.80. The highest BCUT2D eigenvalue weighted by Gasteiger charge is 2.20. The van der Waals surface area contributed by atoms with Crippen molar-refractivity contribution in [1.82, 2.24) is 4.90 Å². The molecule has 1 heterocycles. The van der Waals surface area contributed by atoms with Gasteiger partial charge in [0.2, 0.25) is 0 Å². The normalized spacial score (nSPS) is 10.6. The molecule has 0 saturated carbocycles. The summed E-state index contributed by atoms with van der Waals surface area (Å²) in [7, 11) is 0. The number of nitrogens with zero attached hydrogens (tertiary/aromatic N) is 1. The standard InChI is InChI=1S/C15H17ClN2OS/c1-3-18(8-11-4-6-12(17)7-5-11)15(19)14-13(16)10(2)9-20-14/h4-7,9H,3,8,17H2,1-2H3. The lowest BCUT2D eigenvalue weighted by Crippen LogP contribution is -2.29. The third kappa shape index (κ3) is 3.14. The highest BCUT2D eigenvalue weighted by Crippen LogP contribution is 2.28. The fraction of sp³-hybridized carbons (Fsp3) is 0.267. The number of thiophene rings is 1. The summed E-state index contributed by atoms with van der Waals surface area (Å²) in [5, 5.41) is 2.47. The van der Waals surface area contributed by atoms with Crippen molar-refractivity contribution in [2.75, 3.05) is 12.3 Å². The molecule has 2 rings (SSSR count). The second kappa shape index (κ2) is 6.29. The van der Waals surface area contributed by atoms with Crippen molar-refractivity contribution >= 4 is 34.5 Å². The Bertz CT molecular complexity index is 607. The van der Waals surface area contributed by atoms with E-state index in [4.69, 9.17) is 17.3 Å². The van der Waals surface area contributed by atoms with Crippen LogP contribution in [-0.2, 0) is 6.54 Å². The van der Waals surface area contributed by atoms with Gasteiger partial charge in [0.05, 0.1) is 5.02 Å². The van der Waals surface area contributed by atoms with Crippen molar-refractivity contribution < 1.29 is 4.79 Å². The zero-order valence-corrected chi connectivity index (χ0v) is 13.1. The van der Waals surface area contributed by atoms with Crippen LogP contribution in [0.2, 0.25) is 5.02 Å². The largest absolute Gasteiger partial charge is 0.399 e. The molecule has 0 aliphatic heterocycles. The molecule has 0 bridgehead atoms. The Kier molecular flexibility index (Phi) is 4.68. The van der Waals surface area contributed by atoms with Crippen LogP contribution in [0.4, 0.5) is 5.69 Å². The van der Waals surface area contributed by atoms with Crippen molar-refractivity contribution in [2.24, 2.45) is 0 Å². The van der Waals surface area contributed by atoms with Crippen molar-refractivity contribution in [3.8, 4) is 0 Å². The van der Waals surface area contributed by atoms with Crippen LogP contribution in [0.1, 0.15) is 27.7 Å². The van der Waals surface area contributed by atoms with Crippen LogP contribution >= 0.6 is 22.9 Å². The SMILES string of the molecule is CCN(Cc1ccc(N)cc1)C(=O)c1scc(C)c1Cl. The van der Waals surface area contributed by atoms with Gasteiger partial charge in [-0.25, -0.2) is 0 Å². The number of aryl methyl sites for hydroxylation is 1. The van der Waals surface area contributed by atoms with E-state index in [1.54, 1.807) is 4.90 Å². The molecule has 0 atom stereocenters. The van der Waals surface area contributed by atoms with Gasteiger partial charge in [0.25, 0.3) is 5.91 Å². The number of nitrogen functional groups attached to an aromatic ring is 1. The number of carbonyl (C=O) groups is 1. The van der Waals surface area contributed by atoms with Gasteiger partial charge in [0.1, 0.15) is 4.88 Å². The topological polar surface area (TPSA) is 46.3 Å². The molecule has 1 aromatic heterocycles. The molecule has 0 spiro atoms. The van der Waals surface area contributed by atoms with E-state index in [0.29, 0.717) is 23.0 Å². The van der Waals surface area contributed by atoms with Gasteiger partial charge in [-0.1, -0.05) is 23.7 Å². The van der Waals surface area contributed by atoms with Crippen LogP contribution in [0.5, 0.6) is 0 Å². The summed E-state index contributed by atoms with van der Waals surface area (Å²) in [6.45, 7) is 5.06. The monoisotopic (exact) mass is 308 g/mol. The minimum atomic E-state index is -0.0209. The lowest BCUT2D eigenvalue weighted by molar-refractivity contribution is 0.0757.